The lowest BCUT2D eigenvalue weighted by Crippen LogP contribution is -2.10. The molecule has 4 N–H and O–H groups in total. The Hall–Kier alpha value is -1.50. The van der Waals surface area contributed by atoms with E-state index in [4.69, 9.17) is 5.73 Å². The number of nitrogen functional groups attached to an aromatic ring is 1. The molecule has 0 radical (unpaired) electrons. The molecule has 0 fully saturated rings. The predicted molar refractivity (Wildman–Crippen MR) is 72.2 cm³/mol. The summed E-state index contributed by atoms with van der Waals surface area (Å²) < 4.78 is 0. The summed E-state index contributed by atoms with van der Waals surface area (Å²) in [4.78, 5) is 8.25. The third-order valence-electron chi connectivity index (χ3n) is 2.57. The number of nitrogens with two attached hydrogens (primary N) is 1. The Kier molecular flexibility index (Phi) is 3.68. The maximum Gasteiger partial charge on any atom is 0.224 e. The van der Waals surface area contributed by atoms with Crippen molar-refractivity contribution in [1.82, 2.24) is 20.2 Å². The van der Waals surface area contributed by atoms with Crippen LogP contribution in [0.3, 0.4) is 0 Å². The molecule has 0 bridgehead atoms. The molecule has 7 heteroatoms. The molecule has 0 spiro atoms. The summed E-state index contributed by atoms with van der Waals surface area (Å²) in [7, 11) is 0. The molecule has 0 aliphatic rings. The maximum absolute atomic E-state index is 5.63. The first-order chi connectivity index (χ1) is 8.20. The van der Waals surface area contributed by atoms with Gasteiger partial charge < -0.3 is 11.1 Å². The van der Waals surface area contributed by atoms with Gasteiger partial charge in [-0.3, -0.25) is 5.10 Å². The monoisotopic (exact) mass is 252 g/mol. The number of fused-ring (bicyclic) bond motifs is 1. The average Bonchev–Trinajstić information content (AvgIpc) is 2.76. The predicted octanol–water partition coefficient (Wildman–Crippen LogP) is 1.49. The lowest BCUT2D eigenvalue weighted by molar-refractivity contribution is 0.851. The summed E-state index contributed by atoms with van der Waals surface area (Å²) in [6.07, 6.45) is 4.89. The second-order valence-electron chi connectivity index (χ2n) is 3.82. The van der Waals surface area contributed by atoms with E-state index in [9.17, 15) is 0 Å². The van der Waals surface area contributed by atoms with Crippen LogP contribution in [0.4, 0.5) is 11.8 Å². The van der Waals surface area contributed by atoms with Crippen molar-refractivity contribution in [3.8, 4) is 0 Å². The summed E-state index contributed by atoms with van der Waals surface area (Å²) in [6.45, 7) is 3.06. The van der Waals surface area contributed by atoms with E-state index in [1.165, 1.54) is 0 Å². The molecule has 0 aliphatic heterocycles. The van der Waals surface area contributed by atoms with Crippen LogP contribution in [0.1, 0.15) is 13.3 Å². The van der Waals surface area contributed by atoms with Gasteiger partial charge in [0.05, 0.1) is 11.6 Å². The molecule has 2 heterocycles. The summed E-state index contributed by atoms with van der Waals surface area (Å²) in [5, 5.41) is 11.5. The third kappa shape index (κ3) is 2.79. The largest absolute Gasteiger partial charge is 0.369 e. The smallest absolute Gasteiger partial charge is 0.224 e. The van der Waals surface area contributed by atoms with Crippen molar-refractivity contribution in [1.29, 1.82) is 0 Å². The second kappa shape index (κ2) is 5.22. The minimum absolute atomic E-state index is 0.252. The minimum Gasteiger partial charge on any atom is -0.369 e. The first-order valence-electron chi connectivity index (χ1n) is 5.44. The Morgan fingerprint density at radius 2 is 2.35 bits per heavy atom. The first-order valence-corrected chi connectivity index (χ1v) is 6.72. The topological polar surface area (TPSA) is 92.5 Å². The van der Waals surface area contributed by atoms with Crippen LogP contribution in [0.25, 0.3) is 11.0 Å². The molecule has 0 amide bonds. The Morgan fingerprint density at radius 3 is 3.12 bits per heavy atom. The third-order valence-corrected chi connectivity index (χ3v) is 3.61. The van der Waals surface area contributed by atoms with Gasteiger partial charge in [0.2, 0.25) is 5.95 Å². The molecule has 17 heavy (non-hydrogen) atoms. The van der Waals surface area contributed by atoms with Crippen molar-refractivity contribution >= 4 is 34.6 Å². The Labute approximate surface area is 104 Å². The summed E-state index contributed by atoms with van der Waals surface area (Å²) in [5.74, 6) is 0.997. The van der Waals surface area contributed by atoms with E-state index in [1.807, 2.05) is 11.8 Å². The zero-order valence-electron chi connectivity index (χ0n) is 9.90. The summed E-state index contributed by atoms with van der Waals surface area (Å²) in [6, 6.07) is 0. The van der Waals surface area contributed by atoms with E-state index in [-0.39, 0.29) is 5.95 Å². The van der Waals surface area contributed by atoms with Gasteiger partial charge in [-0.2, -0.15) is 26.8 Å². The maximum atomic E-state index is 5.63. The number of nitrogens with one attached hydrogen (secondary N) is 2. The quantitative estimate of drug-likeness (QED) is 0.746. The molecule has 2 rings (SSSR count). The van der Waals surface area contributed by atoms with Gasteiger partial charge in [0.25, 0.3) is 0 Å². The van der Waals surface area contributed by atoms with Crippen LogP contribution in [0.5, 0.6) is 0 Å². The van der Waals surface area contributed by atoms with E-state index < -0.39 is 0 Å². The van der Waals surface area contributed by atoms with Gasteiger partial charge in [-0.05, 0) is 12.7 Å². The number of rotatable bonds is 5. The van der Waals surface area contributed by atoms with Crippen LogP contribution in [0.15, 0.2) is 6.20 Å². The van der Waals surface area contributed by atoms with E-state index >= 15 is 0 Å². The van der Waals surface area contributed by atoms with Gasteiger partial charge in [0.15, 0.2) is 5.65 Å². The lowest BCUT2D eigenvalue weighted by atomic mass is 10.3. The van der Waals surface area contributed by atoms with Crippen molar-refractivity contribution in [2.45, 2.75) is 18.6 Å². The Morgan fingerprint density at radius 1 is 1.53 bits per heavy atom. The molecular formula is C10H16N6S. The molecule has 6 nitrogen and oxygen atoms in total. The zero-order chi connectivity index (χ0) is 12.3. The molecule has 92 valence electrons. The Bertz CT molecular complexity index is 497. The van der Waals surface area contributed by atoms with Crippen molar-refractivity contribution in [3.05, 3.63) is 6.20 Å². The van der Waals surface area contributed by atoms with E-state index in [1.54, 1.807) is 6.20 Å². The van der Waals surface area contributed by atoms with E-state index in [0.717, 1.165) is 24.2 Å². The molecule has 2 aromatic rings. The molecule has 0 aromatic carbocycles. The van der Waals surface area contributed by atoms with E-state index in [0.29, 0.717) is 10.9 Å². The molecule has 0 saturated heterocycles. The van der Waals surface area contributed by atoms with Gasteiger partial charge in [0.1, 0.15) is 5.82 Å². The van der Waals surface area contributed by atoms with Crippen molar-refractivity contribution in [2.24, 2.45) is 0 Å². The van der Waals surface area contributed by atoms with E-state index in [2.05, 4.69) is 38.7 Å². The number of thioether (sulfide) groups is 1. The minimum atomic E-state index is 0.252. The number of anilines is 2. The lowest BCUT2D eigenvalue weighted by Gasteiger charge is -2.10. The van der Waals surface area contributed by atoms with Gasteiger partial charge in [-0.1, -0.05) is 6.92 Å². The second-order valence-corrected chi connectivity index (χ2v) is 5.10. The summed E-state index contributed by atoms with van der Waals surface area (Å²) in [5.41, 5.74) is 6.29. The number of hydrogen-bond donors (Lipinski definition) is 3. The fourth-order valence-electron chi connectivity index (χ4n) is 1.50. The fraction of sp³-hybridized carbons (Fsp3) is 0.500. The highest BCUT2D eigenvalue weighted by atomic mass is 32.2. The fourth-order valence-corrected chi connectivity index (χ4v) is 1.85. The molecule has 2 aromatic heterocycles. The first kappa shape index (κ1) is 12.0. The molecule has 0 aliphatic carbocycles. The Balaban J connectivity index is 2.09. The number of aromatic nitrogens is 4. The van der Waals surface area contributed by atoms with Crippen molar-refractivity contribution in [2.75, 3.05) is 23.9 Å². The molecular weight excluding hydrogens is 236 g/mol. The standard InChI is InChI=1S/C10H16N6S/c1-6(17-2)3-4-12-8-7-5-13-16-9(7)15-10(11)14-8/h5-6H,3-4H2,1-2H3,(H4,11,12,13,14,15,16). The van der Waals surface area contributed by atoms with Gasteiger partial charge in [-0.25, -0.2) is 0 Å². The number of hydrogen-bond acceptors (Lipinski definition) is 6. The highest BCUT2D eigenvalue weighted by molar-refractivity contribution is 7.99. The van der Waals surface area contributed by atoms with Crippen molar-refractivity contribution < 1.29 is 0 Å². The SMILES string of the molecule is CSC(C)CCNc1nc(N)nc2[nH]ncc12. The normalized spacial score (nSPS) is 12.8. The number of nitrogens with zero attached hydrogens (tertiary/aromatic N) is 3. The van der Waals surface area contributed by atoms with Crippen LogP contribution >= 0.6 is 11.8 Å². The van der Waals surface area contributed by atoms with Crippen LogP contribution in [-0.2, 0) is 0 Å². The van der Waals surface area contributed by atoms with Crippen LogP contribution < -0.4 is 11.1 Å². The van der Waals surface area contributed by atoms with Gasteiger partial charge in [-0.15, -0.1) is 0 Å². The average molecular weight is 252 g/mol. The zero-order valence-corrected chi connectivity index (χ0v) is 10.7. The van der Waals surface area contributed by atoms with Crippen LogP contribution in [0, 0.1) is 0 Å². The number of H-pyrrole nitrogens is 1. The highest BCUT2D eigenvalue weighted by Gasteiger charge is 2.07. The van der Waals surface area contributed by atoms with Crippen LogP contribution in [0.2, 0.25) is 0 Å². The summed E-state index contributed by atoms with van der Waals surface area (Å²) >= 11 is 1.85. The molecule has 1 unspecified atom stereocenters. The highest BCUT2D eigenvalue weighted by Crippen LogP contribution is 2.19. The number of aromatic amines is 1. The van der Waals surface area contributed by atoms with Crippen LogP contribution in [-0.4, -0.2) is 38.2 Å². The molecule has 1 atom stereocenters. The van der Waals surface area contributed by atoms with Gasteiger partial charge in [0, 0.05) is 11.8 Å². The van der Waals surface area contributed by atoms with Gasteiger partial charge >= 0.3 is 0 Å². The van der Waals surface area contributed by atoms with Crippen molar-refractivity contribution in [3.63, 3.8) is 0 Å². The molecule has 0 saturated carbocycles.